The number of furan rings is 1. The van der Waals surface area contributed by atoms with Gasteiger partial charge in [-0.3, -0.25) is 0 Å². The van der Waals surface area contributed by atoms with Crippen molar-refractivity contribution >= 4 is 17.3 Å². The summed E-state index contributed by atoms with van der Waals surface area (Å²) in [4.78, 5) is 0. The Kier molecular flexibility index (Phi) is 4.19. The maximum absolute atomic E-state index is 5.14. The maximum Gasteiger partial charge on any atom is 0.166 e. The van der Waals surface area contributed by atoms with Crippen molar-refractivity contribution in [1.82, 2.24) is 10.6 Å². The zero-order valence-electron chi connectivity index (χ0n) is 8.17. The monoisotopic (exact) mass is 210 g/mol. The molecule has 1 rings (SSSR count). The van der Waals surface area contributed by atoms with E-state index in [1.807, 2.05) is 19.1 Å². The van der Waals surface area contributed by atoms with Gasteiger partial charge in [0.25, 0.3) is 0 Å². The molecule has 2 N–H and O–H groups in total. The van der Waals surface area contributed by atoms with Crippen LogP contribution in [0.5, 0.6) is 0 Å². The third kappa shape index (κ3) is 4.09. The van der Waals surface area contributed by atoms with Gasteiger partial charge in [0, 0.05) is 6.54 Å². The fourth-order valence-electron chi connectivity index (χ4n) is 0.874. The minimum Gasteiger partial charge on any atom is -0.467 e. The largest absolute Gasteiger partial charge is 0.467 e. The Morgan fingerprint density at radius 3 is 2.93 bits per heavy atom. The molecule has 0 radical (unpaired) electrons. The third-order valence-electron chi connectivity index (χ3n) is 1.55. The minimum atomic E-state index is 0.606. The van der Waals surface area contributed by atoms with Crippen LogP contribution in [0.25, 0.3) is 0 Å². The summed E-state index contributed by atoms with van der Waals surface area (Å²) >= 11 is 5.04. The van der Waals surface area contributed by atoms with E-state index >= 15 is 0 Å². The molecule has 76 valence electrons. The first-order chi connectivity index (χ1) is 6.68. The van der Waals surface area contributed by atoms with Crippen LogP contribution in [0, 0.1) is 0 Å². The second-order valence-electron chi connectivity index (χ2n) is 3.07. The summed E-state index contributed by atoms with van der Waals surface area (Å²) in [6, 6.07) is 3.75. The molecule has 0 amide bonds. The molecule has 14 heavy (non-hydrogen) atoms. The van der Waals surface area contributed by atoms with E-state index in [1.165, 1.54) is 0 Å². The number of hydrogen-bond donors (Lipinski definition) is 2. The summed E-state index contributed by atoms with van der Waals surface area (Å²) in [7, 11) is 0. The normalized spacial score (nSPS) is 9.50. The summed E-state index contributed by atoms with van der Waals surface area (Å²) in [6.45, 7) is 7.02. The van der Waals surface area contributed by atoms with E-state index in [-0.39, 0.29) is 0 Å². The van der Waals surface area contributed by atoms with Gasteiger partial charge in [-0.2, -0.15) is 0 Å². The van der Waals surface area contributed by atoms with Crippen molar-refractivity contribution < 1.29 is 4.42 Å². The zero-order chi connectivity index (χ0) is 10.4. The van der Waals surface area contributed by atoms with Crippen molar-refractivity contribution in [1.29, 1.82) is 0 Å². The number of rotatable bonds is 4. The molecule has 3 nitrogen and oxygen atoms in total. The summed E-state index contributed by atoms with van der Waals surface area (Å²) in [5, 5.41) is 6.66. The lowest BCUT2D eigenvalue weighted by Crippen LogP contribution is -2.35. The molecule has 0 aliphatic heterocycles. The molecule has 4 heteroatoms. The molecule has 0 saturated heterocycles. The quantitative estimate of drug-likeness (QED) is 0.587. The van der Waals surface area contributed by atoms with Gasteiger partial charge in [-0.15, -0.1) is 0 Å². The molecule has 1 aromatic rings. The van der Waals surface area contributed by atoms with Crippen molar-refractivity contribution in [2.24, 2.45) is 0 Å². The predicted molar refractivity (Wildman–Crippen MR) is 61.0 cm³/mol. The van der Waals surface area contributed by atoms with Gasteiger partial charge in [-0.05, 0) is 31.3 Å². The Labute approximate surface area is 89.2 Å². The molecule has 0 atom stereocenters. The Morgan fingerprint density at radius 2 is 2.36 bits per heavy atom. The highest BCUT2D eigenvalue weighted by molar-refractivity contribution is 7.80. The van der Waals surface area contributed by atoms with Gasteiger partial charge in [0.15, 0.2) is 5.11 Å². The van der Waals surface area contributed by atoms with E-state index in [0.717, 1.165) is 11.3 Å². The molecule has 1 aromatic heterocycles. The smallest absolute Gasteiger partial charge is 0.166 e. The summed E-state index contributed by atoms with van der Waals surface area (Å²) in [5.41, 5.74) is 1.05. The van der Waals surface area contributed by atoms with Gasteiger partial charge in [-0.25, -0.2) is 0 Å². The van der Waals surface area contributed by atoms with Crippen molar-refractivity contribution in [2.45, 2.75) is 13.5 Å². The fourth-order valence-corrected chi connectivity index (χ4v) is 1.02. The first-order valence-corrected chi connectivity index (χ1v) is 4.78. The van der Waals surface area contributed by atoms with Crippen LogP contribution in [0.3, 0.4) is 0 Å². The van der Waals surface area contributed by atoms with E-state index in [1.54, 1.807) is 6.26 Å². The van der Waals surface area contributed by atoms with E-state index in [4.69, 9.17) is 16.6 Å². The van der Waals surface area contributed by atoms with Crippen LogP contribution >= 0.6 is 12.2 Å². The molecule has 0 bridgehead atoms. The third-order valence-corrected chi connectivity index (χ3v) is 1.84. The molecular formula is C10H14N2OS. The standard InChI is InChI=1S/C10H14N2OS/c1-8(2)6-11-10(14)12-7-9-4-3-5-13-9/h3-5H,1,6-7H2,2H3,(H2,11,12,14). The van der Waals surface area contributed by atoms with Crippen LogP contribution in [-0.4, -0.2) is 11.7 Å². The fraction of sp³-hybridized carbons (Fsp3) is 0.300. The second-order valence-corrected chi connectivity index (χ2v) is 3.48. The van der Waals surface area contributed by atoms with E-state index in [2.05, 4.69) is 17.2 Å². The van der Waals surface area contributed by atoms with Crippen LogP contribution in [0.1, 0.15) is 12.7 Å². The van der Waals surface area contributed by atoms with Crippen LogP contribution in [0.4, 0.5) is 0 Å². The Morgan fingerprint density at radius 1 is 1.57 bits per heavy atom. The first-order valence-electron chi connectivity index (χ1n) is 4.37. The lowest BCUT2D eigenvalue weighted by Gasteiger charge is -2.08. The SMILES string of the molecule is C=C(C)CNC(=S)NCc1ccco1. The first kappa shape index (κ1) is 10.8. The highest BCUT2D eigenvalue weighted by Crippen LogP contribution is 1.98. The molecular weight excluding hydrogens is 196 g/mol. The Hall–Kier alpha value is -1.29. The van der Waals surface area contributed by atoms with Crippen LogP contribution in [0.2, 0.25) is 0 Å². The van der Waals surface area contributed by atoms with Crippen LogP contribution < -0.4 is 10.6 Å². The topological polar surface area (TPSA) is 37.2 Å². The number of thiocarbonyl (C=S) groups is 1. The average molecular weight is 210 g/mol. The van der Waals surface area contributed by atoms with E-state index in [0.29, 0.717) is 18.2 Å². The van der Waals surface area contributed by atoms with E-state index < -0.39 is 0 Å². The number of hydrogen-bond acceptors (Lipinski definition) is 2. The predicted octanol–water partition coefficient (Wildman–Crippen LogP) is 1.82. The minimum absolute atomic E-state index is 0.606. The highest BCUT2D eigenvalue weighted by atomic mass is 32.1. The van der Waals surface area contributed by atoms with Gasteiger partial charge in [-0.1, -0.05) is 12.2 Å². The second kappa shape index (κ2) is 5.44. The lowest BCUT2D eigenvalue weighted by molar-refractivity contribution is 0.502. The number of nitrogens with one attached hydrogen (secondary N) is 2. The zero-order valence-corrected chi connectivity index (χ0v) is 8.99. The average Bonchev–Trinajstić information content (AvgIpc) is 2.63. The molecule has 0 aliphatic rings. The Bertz CT molecular complexity index is 306. The molecule has 0 unspecified atom stereocenters. The molecule has 1 heterocycles. The van der Waals surface area contributed by atoms with Crippen molar-refractivity contribution in [3.63, 3.8) is 0 Å². The molecule has 0 aromatic carbocycles. The molecule has 0 saturated carbocycles. The highest BCUT2D eigenvalue weighted by Gasteiger charge is 1.97. The van der Waals surface area contributed by atoms with Gasteiger partial charge >= 0.3 is 0 Å². The lowest BCUT2D eigenvalue weighted by atomic mass is 10.3. The van der Waals surface area contributed by atoms with E-state index in [9.17, 15) is 0 Å². The van der Waals surface area contributed by atoms with Gasteiger partial charge in [0.05, 0.1) is 12.8 Å². The molecule has 0 spiro atoms. The van der Waals surface area contributed by atoms with Crippen LogP contribution in [-0.2, 0) is 6.54 Å². The van der Waals surface area contributed by atoms with Crippen LogP contribution in [0.15, 0.2) is 35.0 Å². The van der Waals surface area contributed by atoms with Crippen molar-refractivity contribution in [3.05, 3.63) is 36.3 Å². The maximum atomic E-state index is 5.14. The summed E-state index contributed by atoms with van der Waals surface area (Å²) in [5.74, 6) is 0.865. The summed E-state index contributed by atoms with van der Waals surface area (Å²) < 4.78 is 5.14. The molecule has 0 aliphatic carbocycles. The van der Waals surface area contributed by atoms with Gasteiger partial charge in [0.1, 0.15) is 5.76 Å². The molecule has 0 fully saturated rings. The van der Waals surface area contributed by atoms with Crippen molar-refractivity contribution in [3.8, 4) is 0 Å². The van der Waals surface area contributed by atoms with Crippen molar-refractivity contribution in [2.75, 3.05) is 6.54 Å². The summed E-state index contributed by atoms with van der Waals surface area (Å²) in [6.07, 6.45) is 1.64. The van der Waals surface area contributed by atoms with Gasteiger partial charge in [0.2, 0.25) is 0 Å². The van der Waals surface area contributed by atoms with Gasteiger partial charge < -0.3 is 15.1 Å². The Balaban J connectivity index is 2.18.